The maximum Gasteiger partial charge on any atom is 0.251 e. The molecular weight excluding hydrogens is 316 g/mol. The number of primary amides is 1. The zero-order chi connectivity index (χ0) is 16.4. The summed E-state index contributed by atoms with van der Waals surface area (Å²) in [5, 5.41) is 3.52. The molecule has 1 atom stereocenters. The van der Waals surface area contributed by atoms with E-state index in [2.05, 4.69) is 5.32 Å². The molecule has 1 fully saturated rings. The summed E-state index contributed by atoms with van der Waals surface area (Å²) in [4.78, 5) is 35.1. The van der Waals surface area contributed by atoms with E-state index in [1.165, 1.54) is 11.3 Å². The first-order valence-electron chi connectivity index (χ1n) is 8.09. The number of carbonyl (C=O) groups excluding carboxylic acids is 2. The Bertz CT molecular complexity index is 609. The summed E-state index contributed by atoms with van der Waals surface area (Å²) in [6, 6.07) is 0. The summed E-state index contributed by atoms with van der Waals surface area (Å²) >= 11 is 1.48. The smallest absolute Gasteiger partial charge is 0.251 e. The molecule has 1 aromatic rings. The molecule has 0 aliphatic heterocycles. The molecule has 1 heterocycles. The van der Waals surface area contributed by atoms with Crippen LogP contribution in [-0.4, -0.2) is 25.0 Å². The second-order valence-corrected chi connectivity index (χ2v) is 7.24. The summed E-state index contributed by atoms with van der Waals surface area (Å²) in [5.41, 5.74) is 7.06. The van der Waals surface area contributed by atoms with E-state index in [1.807, 2.05) is 6.92 Å². The van der Waals surface area contributed by atoms with Crippen molar-refractivity contribution in [1.29, 1.82) is 0 Å². The number of nitrogens with one attached hydrogen (secondary N) is 1. The van der Waals surface area contributed by atoms with E-state index in [0.29, 0.717) is 29.7 Å². The predicted molar refractivity (Wildman–Crippen MR) is 87.3 cm³/mol. The zero-order valence-electron chi connectivity index (χ0n) is 13.2. The molecule has 1 saturated carbocycles. The van der Waals surface area contributed by atoms with Gasteiger partial charge in [0.2, 0.25) is 5.91 Å². The minimum Gasteiger partial charge on any atom is -0.365 e. The van der Waals surface area contributed by atoms with Crippen LogP contribution in [0.5, 0.6) is 0 Å². The van der Waals surface area contributed by atoms with Crippen LogP contribution in [0.15, 0.2) is 0 Å². The number of amides is 2. The highest BCUT2D eigenvalue weighted by Crippen LogP contribution is 2.40. The van der Waals surface area contributed by atoms with Gasteiger partial charge in [-0.2, -0.15) is 0 Å². The Morgan fingerprint density at radius 1 is 1.30 bits per heavy atom. The summed E-state index contributed by atoms with van der Waals surface area (Å²) in [7, 11) is 0. The monoisotopic (exact) mass is 338 g/mol. The first-order chi connectivity index (χ1) is 11.1. The molecule has 0 saturated heterocycles. The summed E-state index contributed by atoms with van der Waals surface area (Å²) in [5.74, 6) is 0.00236. The van der Waals surface area contributed by atoms with Gasteiger partial charge < -0.3 is 11.1 Å². The Kier molecular flexibility index (Phi) is 4.99. The summed E-state index contributed by atoms with van der Waals surface area (Å²) in [6.07, 6.45) is 4.39. The van der Waals surface area contributed by atoms with E-state index in [0.717, 1.165) is 42.5 Å². The molecule has 7 heteroatoms. The van der Waals surface area contributed by atoms with E-state index in [4.69, 9.17) is 15.5 Å². The largest absolute Gasteiger partial charge is 0.365 e. The Labute approximate surface area is 139 Å². The molecule has 126 valence electrons. The Morgan fingerprint density at radius 3 is 2.74 bits per heavy atom. The number of rotatable bonds is 7. The fraction of sp³-hybridized carbons (Fsp3) is 0.625. The fourth-order valence-corrected chi connectivity index (χ4v) is 4.30. The van der Waals surface area contributed by atoms with Gasteiger partial charge >= 0.3 is 0 Å². The molecular formula is C16H22N2O4S. The average Bonchev–Trinajstić information content (AvgIpc) is 3.29. The van der Waals surface area contributed by atoms with Gasteiger partial charge in [-0.1, -0.05) is 0 Å². The second kappa shape index (κ2) is 6.98. The molecule has 6 nitrogen and oxygen atoms in total. The number of nitrogens with two attached hydrogens (primary N) is 1. The zero-order valence-corrected chi connectivity index (χ0v) is 14.0. The SMILES string of the molecule is CCOOCC1CCc2c(sc(NC(=O)C3CC3)c2C(N)=O)C1. The summed E-state index contributed by atoms with van der Waals surface area (Å²) in [6.45, 7) is 2.95. The van der Waals surface area contributed by atoms with Crippen LogP contribution >= 0.6 is 11.3 Å². The van der Waals surface area contributed by atoms with Crippen LogP contribution in [-0.2, 0) is 27.4 Å². The first kappa shape index (κ1) is 16.4. The van der Waals surface area contributed by atoms with Gasteiger partial charge in [0, 0.05) is 10.8 Å². The maximum absolute atomic E-state index is 12.0. The standard InChI is InChI=1S/C16H22N2O4S/c1-2-21-22-8-9-3-6-11-12(7-9)23-16(13(11)14(17)19)18-15(20)10-4-5-10/h9-10H,2-8H2,1H3,(H2,17,19)(H,18,20). The van der Waals surface area contributed by atoms with Gasteiger partial charge in [0.05, 0.1) is 18.8 Å². The molecule has 1 aromatic heterocycles. The molecule has 0 aromatic carbocycles. The van der Waals surface area contributed by atoms with E-state index in [1.54, 1.807) is 0 Å². The normalized spacial score (nSPS) is 20.1. The molecule has 23 heavy (non-hydrogen) atoms. The van der Waals surface area contributed by atoms with Gasteiger partial charge in [-0.3, -0.25) is 9.59 Å². The lowest BCUT2D eigenvalue weighted by Gasteiger charge is -2.21. The average molecular weight is 338 g/mol. The lowest BCUT2D eigenvalue weighted by atomic mass is 9.87. The van der Waals surface area contributed by atoms with Crippen molar-refractivity contribution in [2.75, 3.05) is 18.5 Å². The lowest BCUT2D eigenvalue weighted by Crippen LogP contribution is -2.22. The third kappa shape index (κ3) is 3.73. The molecule has 2 aliphatic carbocycles. The van der Waals surface area contributed by atoms with E-state index in [-0.39, 0.29) is 11.8 Å². The lowest BCUT2D eigenvalue weighted by molar-refractivity contribution is -0.298. The van der Waals surface area contributed by atoms with Crippen molar-refractivity contribution in [2.24, 2.45) is 17.6 Å². The minimum absolute atomic E-state index is 0.00215. The molecule has 0 bridgehead atoms. The van der Waals surface area contributed by atoms with Crippen LogP contribution in [0.3, 0.4) is 0 Å². The summed E-state index contributed by atoms with van der Waals surface area (Å²) < 4.78 is 0. The van der Waals surface area contributed by atoms with Crippen molar-refractivity contribution in [2.45, 2.75) is 39.0 Å². The van der Waals surface area contributed by atoms with Crippen molar-refractivity contribution >= 4 is 28.2 Å². The maximum atomic E-state index is 12.0. The number of thiophene rings is 1. The van der Waals surface area contributed by atoms with E-state index < -0.39 is 5.91 Å². The third-order valence-electron chi connectivity index (χ3n) is 4.30. The quantitative estimate of drug-likeness (QED) is 0.453. The van der Waals surface area contributed by atoms with Gasteiger partial charge in [-0.05, 0) is 50.5 Å². The molecule has 2 aliphatic rings. The van der Waals surface area contributed by atoms with Gasteiger partial charge in [0.1, 0.15) is 5.00 Å². The van der Waals surface area contributed by atoms with Crippen molar-refractivity contribution < 1.29 is 19.4 Å². The third-order valence-corrected chi connectivity index (χ3v) is 5.47. The Balaban J connectivity index is 1.75. The van der Waals surface area contributed by atoms with Crippen molar-refractivity contribution in [3.63, 3.8) is 0 Å². The predicted octanol–water partition coefficient (Wildman–Crippen LogP) is 2.27. The van der Waals surface area contributed by atoms with Crippen LogP contribution in [0.25, 0.3) is 0 Å². The highest BCUT2D eigenvalue weighted by atomic mass is 32.1. The Morgan fingerprint density at radius 2 is 2.09 bits per heavy atom. The number of fused-ring (bicyclic) bond motifs is 1. The van der Waals surface area contributed by atoms with Crippen LogP contribution < -0.4 is 11.1 Å². The molecule has 0 radical (unpaired) electrons. The van der Waals surface area contributed by atoms with Crippen LogP contribution in [0.4, 0.5) is 5.00 Å². The van der Waals surface area contributed by atoms with Gasteiger partial charge in [0.15, 0.2) is 0 Å². The van der Waals surface area contributed by atoms with Gasteiger partial charge in [-0.15, -0.1) is 11.3 Å². The van der Waals surface area contributed by atoms with E-state index in [9.17, 15) is 9.59 Å². The van der Waals surface area contributed by atoms with Crippen LogP contribution in [0, 0.1) is 11.8 Å². The van der Waals surface area contributed by atoms with Crippen molar-refractivity contribution in [3.8, 4) is 0 Å². The van der Waals surface area contributed by atoms with E-state index >= 15 is 0 Å². The van der Waals surface area contributed by atoms with Crippen LogP contribution in [0.2, 0.25) is 0 Å². The highest BCUT2D eigenvalue weighted by Gasteiger charge is 2.33. The van der Waals surface area contributed by atoms with Gasteiger partial charge in [0.25, 0.3) is 5.91 Å². The first-order valence-corrected chi connectivity index (χ1v) is 8.91. The topological polar surface area (TPSA) is 90.7 Å². The number of hydrogen-bond donors (Lipinski definition) is 2. The molecule has 0 spiro atoms. The minimum atomic E-state index is -0.461. The second-order valence-electron chi connectivity index (χ2n) is 6.14. The number of anilines is 1. The highest BCUT2D eigenvalue weighted by molar-refractivity contribution is 7.17. The van der Waals surface area contributed by atoms with Crippen LogP contribution in [0.1, 0.15) is 47.0 Å². The van der Waals surface area contributed by atoms with Crippen molar-refractivity contribution in [1.82, 2.24) is 0 Å². The molecule has 3 rings (SSSR count). The fourth-order valence-electron chi connectivity index (χ4n) is 2.93. The number of hydrogen-bond acceptors (Lipinski definition) is 5. The molecule has 2 amide bonds. The molecule has 1 unspecified atom stereocenters. The Hall–Kier alpha value is -1.44. The van der Waals surface area contributed by atoms with Crippen molar-refractivity contribution in [3.05, 3.63) is 16.0 Å². The number of carbonyl (C=O) groups is 2. The molecule has 3 N–H and O–H groups in total. The van der Waals surface area contributed by atoms with Gasteiger partial charge in [-0.25, -0.2) is 9.78 Å².